The van der Waals surface area contributed by atoms with E-state index >= 15 is 0 Å². The molecule has 2 atom stereocenters. The number of benzene rings is 1. The second-order valence-electron chi connectivity index (χ2n) is 11.8. The van der Waals surface area contributed by atoms with Gasteiger partial charge in [-0.15, -0.1) is 11.3 Å². The van der Waals surface area contributed by atoms with Crippen molar-refractivity contribution in [3.63, 3.8) is 0 Å². The third-order valence-electron chi connectivity index (χ3n) is 5.69. The minimum Gasteiger partial charge on any atom is -0.474 e. The average molecular weight is 508 g/mol. The molecule has 2 aromatic rings. The van der Waals surface area contributed by atoms with E-state index in [9.17, 15) is 13.9 Å². The molecule has 0 amide bonds. The second kappa shape index (κ2) is 10.5. The van der Waals surface area contributed by atoms with Gasteiger partial charge >= 0.3 is 0 Å². The molecule has 5 nitrogen and oxygen atoms in total. The summed E-state index contributed by atoms with van der Waals surface area (Å²) in [6, 6.07) is 2.83. The Labute approximate surface area is 212 Å². The van der Waals surface area contributed by atoms with E-state index in [0.29, 0.717) is 11.4 Å². The number of rotatable bonds is 11. The van der Waals surface area contributed by atoms with Gasteiger partial charge in [-0.2, -0.15) is 0 Å². The van der Waals surface area contributed by atoms with Gasteiger partial charge in [0.2, 0.25) is 0 Å². The van der Waals surface area contributed by atoms with Crippen LogP contribution in [0.5, 0.6) is 0 Å². The van der Waals surface area contributed by atoms with Crippen LogP contribution in [-0.4, -0.2) is 34.4 Å². The summed E-state index contributed by atoms with van der Waals surface area (Å²) in [7, 11) is 0. The van der Waals surface area contributed by atoms with Crippen LogP contribution in [0.25, 0.3) is 0 Å². The standard InChI is InChI=1S/C27H39F2N3O2S/c1-17(34-26(5,6)7)31-22(12-18-10-19(28)13-20(29)11-18)23(33)15-30-27(8-9-27)24-32-21(16-35-24)14-25(2,3)4/h10-11,13,16,22-23,30-31,33H,1,8-9,12,14-15H2,2-7H3. The summed E-state index contributed by atoms with van der Waals surface area (Å²) in [6.45, 7) is 16.5. The lowest BCUT2D eigenvalue weighted by Crippen LogP contribution is -2.48. The Bertz CT molecular complexity index is 1000. The van der Waals surface area contributed by atoms with Crippen LogP contribution in [-0.2, 0) is 23.1 Å². The molecule has 1 fully saturated rings. The van der Waals surface area contributed by atoms with E-state index in [2.05, 4.69) is 43.4 Å². The Kier molecular flexibility index (Phi) is 8.29. The third-order valence-corrected chi connectivity index (χ3v) is 6.79. The lowest BCUT2D eigenvalue weighted by molar-refractivity contribution is 0.0284. The highest BCUT2D eigenvalue weighted by Gasteiger charge is 2.47. The van der Waals surface area contributed by atoms with Crippen LogP contribution in [0.4, 0.5) is 8.78 Å². The molecular weight excluding hydrogens is 468 g/mol. The Morgan fingerprint density at radius 1 is 1.17 bits per heavy atom. The van der Waals surface area contributed by atoms with Gasteiger partial charge in [-0.1, -0.05) is 20.8 Å². The summed E-state index contributed by atoms with van der Waals surface area (Å²) in [4.78, 5) is 4.87. The fourth-order valence-electron chi connectivity index (χ4n) is 4.06. The van der Waals surface area contributed by atoms with Crippen molar-refractivity contribution in [2.24, 2.45) is 5.41 Å². The molecule has 1 heterocycles. The van der Waals surface area contributed by atoms with Gasteiger partial charge in [0.05, 0.1) is 23.4 Å². The Hall–Kier alpha value is -2.03. The van der Waals surface area contributed by atoms with E-state index in [-0.39, 0.29) is 23.9 Å². The van der Waals surface area contributed by atoms with Crippen molar-refractivity contribution in [1.29, 1.82) is 0 Å². The number of aliphatic hydroxyl groups excluding tert-OH is 1. The maximum Gasteiger partial charge on any atom is 0.180 e. The summed E-state index contributed by atoms with van der Waals surface area (Å²) in [5.74, 6) is -1.00. The van der Waals surface area contributed by atoms with E-state index in [1.165, 1.54) is 12.1 Å². The lowest BCUT2D eigenvalue weighted by atomic mass is 9.91. The number of nitrogens with one attached hydrogen (secondary N) is 2. The number of nitrogens with zero attached hydrogens (tertiary/aromatic N) is 1. The van der Waals surface area contributed by atoms with E-state index in [1.54, 1.807) is 11.3 Å². The van der Waals surface area contributed by atoms with Crippen LogP contribution in [0.3, 0.4) is 0 Å². The molecule has 2 unspecified atom stereocenters. The average Bonchev–Trinajstić information content (AvgIpc) is 3.33. The van der Waals surface area contributed by atoms with E-state index < -0.39 is 29.4 Å². The molecule has 1 saturated carbocycles. The maximum atomic E-state index is 13.8. The zero-order chi connectivity index (χ0) is 26.0. The van der Waals surface area contributed by atoms with Gasteiger partial charge in [0.25, 0.3) is 0 Å². The van der Waals surface area contributed by atoms with Crippen molar-refractivity contribution in [3.05, 3.63) is 63.9 Å². The summed E-state index contributed by atoms with van der Waals surface area (Å²) in [6.07, 6.45) is 2.15. The van der Waals surface area contributed by atoms with Crippen molar-refractivity contribution in [2.75, 3.05) is 6.54 Å². The number of aromatic nitrogens is 1. The van der Waals surface area contributed by atoms with Crippen molar-refractivity contribution < 1.29 is 18.6 Å². The Morgan fingerprint density at radius 3 is 2.34 bits per heavy atom. The van der Waals surface area contributed by atoms with Gasteiger partial charge in [0.1, 0.15) is 22.2 Å². The predicted molar refractivity (Wildman–Crippen MR) is 137 cm³/mol. The third kappa shape index (κ3) is 8.54. The molecule has 0 spiro atoms. The largest absolute Gasteiger partial charge is 0.474 e. The smallest absolute Gasteiger partial charge is 0.180 e. The van der Waals surface area contributed by atoms with Crippen LogP contribution in [0, 0.1) is 17.0 Å². The molecule has 0 bridgehead atoms. The Balaban J connectivity index is 1.69. The number of ether oxygens (including phenoxy) is 1. The number of hydrogen-bond donors (Lipinski definition) is 3. The Morgan fingerprint density at radius 2 is 1.80 bits per heavy atom. The molecule has 1 aliphatic carbocycles. The van der Waals surface area contributed by atoms with Gasteiger partial charge in [-0.25, -0.2) is 13.8 Å². The first-order chi connectivity index (χ1) is 16.1. The van der Waals surface area contributed by atoms with Crippen molar-refractivity contribution >= 4 is 11.3 Å². The SMILES string of the molecule is C=C(NC(Cc1cc(F)cc(F)c1)C(O)CNC1(c2nc(CC(C)(C)C)cs2)CC1)OC(C)(C)C. The van der Waals surface area contributed by atoms with Gasteiger partial charge in [-0.3, -0.25) is 0 Å². The minimum atomic E-state index is -0.867. The lowest BCUT2D eigenvalue weighted by Gasteiger charge is -2.30. The summed E-state index contributed by atoms with van der Waals surface area (Å²) < 4.78 is 33.4. The molecule has 0 aliphatic heterocycles. The zero-order valence-corrected chi connectivity index (χ0v) is 22.5. The number of hydrogen-bond acceptors (Lipinski definition) is 6. The second-order valence-corrected chi connectivity index (χ2v) is 12.6. The molecule has 1 aliphatic rings. The summed E-state index contributed by atoms with van der Waals surface area (Å²) in [5, 5.41) is 20.9. The number of aliphatic hydroxyl groups is 1. The van der Waals surface area contributed by atoms with Gasteiger partial charge in [0, 0.05) is 18.0 Å². The topological polar surface area (TPSA) is 66.4 Å². The van der Waals surface area contributed by atoms with Crippen molar-refractivity contribution in [3.8, 4) is 0 Å². The first kappa shape index (κ1) is 27.6. The molecule has 3 rings (SSSR count). The normalized spacial score (nSPS) is 17.1. The first-order valence-corrected chi connectivity index (χ1v) is 13.0. The zero-order valence-electron chi connectivity index (χ0n) is 21.7. The molecule has 0 radical (unpaired) electrons. The van der Waals surface area contributed by atoms with Crippen LogP contribution < -0.4 is 10.6 Å². The predicted octanol–water partition coefficient (Wildman–Crippen LogP) is 5.44. The van der Waals surface area contributed by atoms with Gasteiger partial charge in [-0.05, 0) is 76.1 Å². The molecule has 8 heteroatoms. The number of halogens is 2. The quantitative estimate of drug-likeness (QED) is 0.354. The number of thiazole rings is 1. The van der Waals surface area contributed by atoms with E-state index in [4.69, 9.17) is 9.72 Å². The highest BCUT2D eigenvalue weighted by molar-refractivity contribution is 7.09. The summed E-state index contributed by atoms with van der Waals surface area (Å²) in [5.41, 5.74) is 0.996. The van der Waals surface area contributed by atoms with E-state index in [1.807, 2.05) is 20.8 Å². The molecule has 1 aromatic carbocycles. The monoisotopic (exact) mass is 507 g/mol. The first-order valence-electron chi connectivity index (χ1n) is 12.1. The van der Waals surface area contributed by atoms with E-state index in [0.717, 1.165) is 36.0 Å². The molecular formula is C27H39F2N3O2S. The van der Waals surface area contributed by atoms with Gasteiger partial charge < -0.3 is 20.5 Å². The summed E-state index contributed by atoms with van der Waals surface area (Å²) >= 11 is 1.65. The highest BCUT2D eigenvalue weighted by atomic mass is 32.1. The van der Waals surface area contributed by atoms with Gasteiger partial charge in [0.15, 0.2) is 5.88 Å². The molecule has 194 valence electrons. The highest BCUT2D eigenvalue weighted by Crippen LogP contribution is 2.47. The van der Waals surface area contributed by atoms with Crippen molar-refractivity contribution in [2.45, 2.75) is 90.5 Å². The van der Waals surface area contributed by atoms with Crippen LogP contribution in [0.15, 0.2) is 36.0 Å². The van der Waals surface area contributed by atoms with Crippen LogP contribution in [0.2, 0.25) is 0 Å². The maximum absolute atomic E-state index is 13.8. The molecule has 3 N–H and O–H groups in total. The fourth-order valence-corrected chi connectivity index (χ4v) is 5.11. The molecule has 35 heavy (non-hydrogen) atoms. The van der Waals surface area contributed by atoms with Crippen LogP contribution >= 0.6 is 11.3 Å². The van der Waals surface area contributed by atoms with Crippen LogP contribution in [0.1, 0.15) is 70.6 Å². The molecule has 0 saturated heterocycles. The fraction of sp³-hybridized carbons (Fsp3) is 0.593. The van der Waals surface area contributed by atoms with Crippen molar-refractivity contribution in [1.82, 2.24) is 15.6 Å². The molecule has 1 aromatic heterocycles. The minimum absolute atomic E-state index is 0.165.